The number of anilines is 1. The standard InChI is InChI=1S/C17H23N5O3S/c1-21(2)26(24,25)15-5-3-4-14(10-15)20-17(23)19-11-13-6-7-16-18-8-9-22(16)12-13/h3-5,8-10,13H,6-7,11-12H2,1-2H3,(H2,19,20,23). The van der Waals surface area contributed by atoms with Crippen molar-refractivity contribution in [2.45, 2.75) is 24.3 Å². The smallest absolute Gasteiger partial charge is 0.319 e. The summed E-state index contributed by atoms with van der Waals surface area (Å²) in [7, 11) is -0.594. The van der Waals surface area contributed by atoms with E-state index in [2.05, 4.69) is 20.2 Å². The van der Waals surface area contributed by atoms with Crippen molar-refractivity contribution in [3.05, 3.63) is 42.5 Å². The van der Waals surface area contributed by atoms with Crippen molar-refractivity contribution in [3.8, 4) is 0 Å². The van der Waals surface area contributed by atoms with E-state index in [4.69, 9.17) is 0 Å². The molecule has 1 aliphatic rings. The third-order valence-corrected chi connectivity index (χ3v) is 6.27. The molecule has 0 aliphatic carbocycles. The van der Waals surface area contributed by atoms with Gasteiger partial charge in [-0.25, -0.2) is 22.5 Å². The highest BCUT2D eigenvalue weighted by Gasteiger charge is 2.20. The number of carbonyl (C=O) groups excluding carboxylic acids is 1. The Hall–Kier alpha value is -2.39. The lowest BCUT2D eigenvalue weighted by molar-refractivity contribution is 0.247. The number of amides is 2. The fraction of sp³-hybridized carbons (Fsp3) is 0.412. The normalized spacial score (nSPS) is 17.0. The van der Waals surface area contributed by atoms with Gasteiger partial charge in [-0.1, -0.05) is 6.07 Å². The van der Waals surface area contributed by atoms with E-state index < -0.39 is 10.0 Å². The maximum Gasteiger partial charge on any atom is 0.319 e. The number of hydrogen-bond acceptors (Lipinski definition) is 4. The summed E-state index contributed by atoms with van der Waals surface area (Å²) in [5, 5.41) is 5.56. The summed E-state index contributed by atoms with van der Waals surface area (Å²) in [6.45, 7) is 1.39. The van der Waals surface area contributed by atoms with Crippen LogP contribution in [0.1, 0.15) is 12.2 Å². The van der Waals surface area contributed by atoms with E-state index in [1.807, 2.05) is 6.20 Å². The van der Waals surface area contributed by atoms with Crippen LogP contribution in [-0.2, 0) is 23.0 Å². The zero-order chi connectivity index (χ0) is 18.7. The van der Waals surface area contributed by atoms with Crippen molar-refractivity contribution in [3.63, 3.8) is 0 Å². The summed E-state index contributed by atoms with van der Waals surface area (Å²) in [6.07, 6.45) is 5.64. The molecule has 2 N–H and O–H groups in total. The highest BCUT2D eigenvalue weighted by Crippen LogP contribution is 2.19. The molecule has 1 unspecified atom stereocenters. The Morgan fingerprint density at radius 1 is 1.38 bits per heavy atom. The van der Waals surface area contributed by atoms with E-state index in [-0.39, 0.29) is 10.9 Å². The minimum atomic E-state index is -3.53. The molecule has 0 saturated heterocycles. The van der Waals surface area contributed by atoms with Gasteiger partial charge in [-0.05, 0) is 30.5 Å². The number of fused-ring (bicyclic) bond motifs is 1. The quantitative estimate of drug-likeness (QED) is 0.826. The third kappa shape index (κ3) is 4.05. The lowest BCUT2D eigenvalue weighted by Gasteiger charge is -2.24. The zero-order valence-electron chi connectivity index (χ0n) is 14.8. The van der Waals surface area contributed by atoms with Gasteiger partial charge in [-0.15, -0.1) is 0 Å². The van der Waals surface area contributed by atoms with Crippen molar-refractivity contribution in [1.82, 2.24) is 19.2 Å². The Morgan fingerprint density at radius 2 is 2.19 bits per heavy atom. The van der Waals surface area contributed by atoms with Gasteiger partial charge in [0, 0.05) is 51.7 Å². The Kier molecular flexibility index (Phi) is 5.28. The molecule has 140 valence electrons. The molecule has 0 radical (unpaired) electrons. The monoisotopic (exact) mass is 377 g/mol. The molecular weight excluding hydrogens is 354 g/mol. The van der Waals surface area contributed by atoms with Gasteiger partial charge in [0.2, 0.25) is 10.0 Å². The molecule has 1 aromatic carbocycles. The van der Waals surface area contributed by atoms with Crippen LogP contribution in [-0.4, -0.2) is 48.9 Å². The summed E-state index contributed by atoms with van der Waals surface area (Å²) in [5.41, 5.74) is 0.436. The lowest BCUT2D eigenvalue weighted by atomic mass is 9.99. The SMILES string of the molecule is CN(C)S(=O)(=O)c1cccc(NC(=O)NCC2CCc3nccn3C2)c1. The van der Waals surface area contributed by atoms with Crippen LogP contribution in [0.4, 0.5) is 10.5 Å². The van der Waals surface area contributed by atoms with Gasteiger partial charge in [0.1, 0.15) is 5.82 Å². The summed E-state index contributed by atoms with van der Waals surface area (Å²) < 4.78 is 27.6. The van der Waals surface area contributed by atoms with Crippen molar-refractivity contribution in [1.29, 1.82) is 0 Å². The van der Waals surface area contributed by atoms with E-state index in [0.717, 1.165) is 29.5 Å². The molecule has 2 heterocycles. The van der Waals surface area contributed by atoms with Gasteiger partial charge >= 0.3 is 6.03 Å². The highest BCUT2D eigenvalue weighted by atomic mass is 32.2. The largest absolute Gasteiger partial charge is 0.338 e. The molecule has 8 nitrogen and oxygen atoms in total. The van der Waals surface area contributed by atoms with Crippen LogP contribution in [0.25, 0.3) is 0 Å². The molecule has 1 aromatic heterocycles. The predicted molar refractivity (Wildman–Crippen MR) is 98.4 cm³/mol. The van der Waals surface area contributed by atoms with E-state index in [0.29, 0.717) is 18.2 Å². The lowest BCUT2D eigenvalue weighted by Crippen LogP contribution is -2.36. The van der Waals surface area contributed by atoms with Crippen LogP contribution in [0.3, 0.4) is 0 Å². The Morgan fingerprint density at radius 3 is 2.96 bits per heavy atom. The molecule has 9 heteroatoms. The van der Waals surface area contributed by atoms with Crippen LogP contribution < -0.4 is 10.6 Å². The van der Waals surface area contributed by atoms with E-state index in [9.17, 15) is 13.2 Å². The Labute approximate surface area is 153 Å². The topological polar surface area (TPSA) is 96.3 Å². The number of aryl methyl sites for hydroxylation is 1. The summed E-state index contributed by atoms with van der Waals surface area (Å²) in [4.78, 5) is 16.6. The number of nitrogens with one attached hydrogen (secondary N) is 2. The predicted octanol–water partition coefficient (Wildman–Crippen LogP) is 1.52. The summed E-state index contributed by atoms with van der Waals surface area (Å²) in [6, 6.07) is 5.87. The molecule has 2 aromatic rings. The molecule has 2 amide bonds. The molecule has 26 heavy (non-hydrogen) atoms. The molecule has 0 spiro atoms. The number of carbonyl (C=O) groups is 1. The highest BCUT2D eigenvalue weighted by molar-refractivity contribution is 7.89. The minimum absolute atomic E-state index is 0.139. The van der Waals surface area contributed by atoms with E-state index in [1.54, 1.807) is 18.3 Å². The number of urea groups is 1. The van der Waals surface area contributed by atoms with Crippen molar-refractivity contribution in [2.24, 2.45) is 5.92 Å². The first kappa shape index (κ1) is 18.4. The van der Waals surface area contributed by atoms with Gasteiger partial charge in [0.15, 0.2) is 0 Å². The van der Waals surface area contributed by atoms with Gasteiger partial charge in [-0.2, -0.15) is 0 Å². The van der Waals surface area contributed by atoms with Crippen molar-refractivity contribution >= 4 is 21.7 Å². The Balaban J connectivity index is 1.56. The van der Waals surface area contributed by atoms with Crippen molar-refractivity contribution in [2.75, 3.05) is 26.0 Å². The second-order valence-electron chi connectivity index (χ2n) is 6.55. The van der Waals surface area contributed by atoms with Gasteiger partial charge in [-0.3, -0.25) is 0 Å². The first-order chi connectivity index (χ1) is 12.4. The number of aromatic nitrogens is 2. The number of imidazole rings is 1. The number of nitrogens with zero attached hydrogens (tertiary/aromatic N) is 3. The molecule has 0 saturated carbocycles. The number of sulfonamides is 1. The van der Waals surface area contributed by atoms with Crippen LogP contribution in [0.15, 0.2) is 41.6 Å². The Bertz CT molecular complexity index is 891. The minimum Gasteiger partial charge on any atom is -0.338 e. The second-order valence-corrected chi connectivity index (χ2v) is 8.70. The average molecular weight is 377 g/mol. The van der Waals surface area contributed by atoms with Crippen LogP contribution in [0, 0.1) is 5.92 Å². The zero-order valence-corrected chi connectivity index (χ0v) is 15.7. The molecular formula is C17H23N5O3S. The van der Waals surface area contributed by atoms with Gasteiger partial charge in [0.05, 0.1) is 4.90 Å². The second kappa shape index (κ2) is 7.46. The van der Waals surface area contributed by atoms with Crippen LogP contribution in [0.2, 0.25) is 0 Å². The molecule has 1 atom stereocenters. The maximum absolute atomic E-state index is 12.2. The fourth-order valence-electron chi connectivity index (χ4n) is 2.96. The van der Waals surface area contributed by atoms with Gasteiger partial charge < -0.3 is 15.2 Å². The number of hydrogen-bond donors (Lipinski definition) is 2. The fourth-order valence-corrected chi connectivity index (χ4v) is 3.91. The molecule has 0 bridgehead atoms. The maximum atomic E-state index is 12.2. The summed E-state index contributed by atoms with van der Waals surface area (Å²) in [5.74, 6) is 1.44. The van der Waals surface area contributed by atoms with Crippen LogP contribution in [0.5, 0.6) is 0 Å². The molecule has 3 rings (SSSR count). The van der Waals surface area contributed by atoms with Crippen LogP contribution >= 0.6 is 0 Å². The summed E-state index contributed by atoms with van der Waals surface area (Å²) >= 11 is 0. The molecule has 1 aliphatic heterocycles. The third-order valence-electron chi connectivity index (χ3n) is 4.45. The van der Waals surface area contributed by atoms with E-state index >= 15 is 0 Å². The number of benzene rings is 1. The average Bonchev–Trinajstić information content (AvgIpc) is 3.08. The number of rotatable bonds is 5. The van der Waals surface area contributed by atoms with Gasteiger partial charge in [0.25, 0.3) is 0 Å². The van der Waals surface area contributed by atoms with E-state index in [1.165, 1.54) is 26.2 Å². The first-order valence-electron chi connectivity index (χ1n) is 8.43. The van der Waals surface area contributed by atoms with Crippen molar-refractivity contribution < 1.29 is 13.2 Å². The first-order valence-corrected chi connectivity index (χ1v) is 9.88. The molecule has 0 fully saturated rings.